The highest BCUT2D eigenvalue weighted by atomic mass is 35.5. The van der Waals surface area contributed by atoms with E-state index >= 15 is 0 Å². The van der Waals surface area contributed by atoms with Gasteiger partial charge in [-0.25, -0.2) is 4.79 Å². The standard InChI is InChI=1S/C9H18NO2.ClH/c1-6-9(11)12-8(3)10(4,5)7-2;/h6,8H,1,7H2,2-5H3;1H/q+1;/p-1. The van der Waals surface area contributed by atoms with Crippen LogP contribution >= 0.6 is 0 Å². The van der Waals surface area contributed by atoms with Gasteiger partial charge in [-0.3, -0.25) is 4.48 Å². The maximum absolute atomic E-state index is 10.8. The number of halogens is 1. The Labute approximate surface area is 86.4 Å². The van der Waals surface area contributed by atoms with Crippen molar-refractivity contribution < 1.29 is 26.4 Å². The van der Waals surface area contributed by atoms with Crippen LogP contribution in [0.2, 0.25) is 0 Å². The van der Waals surface area contributed by atoms with Gasteiger partial charge in [0.15, 0.2) is 0 Å². The second kappa shape index (κ2) is 6.00. The van der Waals surface area contributed by atoms with Gasteiger partial charge < -0.3 is 17.1 Å². The average molecular weight is 208 g/mol. The minimum atomic E-state index is -0.359. The molecule has 0 aliphatic carbocycles. The fraction of sp³-hybridized carbons (Fsp3) is 0.667. The van der Waals surface area contributed by atoms with Crippen LogP contribution < -0.4 is 12.4 Å². The van der Waals surface area contributed by atoms with E-state index in [-0.39, 0.29) is 24.6 Å². The number of carbonyl (C=O) groups excluding carboxylic acids is 1. The largest absolute Gasteiger partial charge is 1.00 e. The molecule has 0 radical (unpaired) electrons. The summed E-state index contributed by atoms with van der Waals surface area (Å²) in [5.41, 5.74) is 0. The predicted molar refractivity (Wildman–Crippen MR) is 48.4 cm³/mol. The lowest BCUT2D eigenvalue weighted by Gasteiger charge is -2.33. The maximum atomic E-state index is 10.8. The van der Waals surface area contributed by atoms with Crippen molar-refractivity contribution in [3.8, 4) is 0 Å². The summed E-state index contributed by atoms with van der Waals surface area (Å²) in [6.45, 7) is 8.20. The van der Waals surface area contributed by atoms with Crippen LogP contribution in [0.5, 0.6) is 0 Å². The third-order valence-electron chi connectivity index (χ3n) is 2.25. The van der Waals surface area contributed by atoms with Crippen LogP contribution in [0.1, 0.15) is 13.8 Å². The van der Waals surface area contributed by atoms with E-state index in [1.54, 1.807) is 0 Å². The zero-order valence-electron chi connectivity index (χ0n) is 8.71. The van der Waals surface area contributed by atoms with Crippen molar-refractivity contribution in [3.05, 3.63) is 12.7 Å². The van der Waals surface area contributed by atoms with Gasteiger partial charge in [0.25, 0.3) is 0 Å². The number of hydrogen-bond acceptors (Lipinski definition) is 2. The lowest BCUT2D eigenvalue weighted by molar-refractivity contribution is -0.931. The highest BCUT2D eigenvalue weighted by molar-refractivity contribution is 5.81. The van der Waals surface area contributed by atoms with Crippen LogP contribution in [-0.4, -0.2) is 37.3 Å². The van der Waals surface area contributed by atoms with Gasteiger partial charge in [0.1, 0.15) is 0 Å². The smallest absolute Gasteiger partial charge is 0.334 e. The first-order chi connectivity index (χ1) is 5.44. The van der Waals surface area contributed by atoms with E-state index in [0.29, 0.717) is 4.48 Å². The first-order valence-electron chi connectivity index (χ1n) is 4.09. The van der Waals surface area contributed by atoms with Crippen molar-refractivity contribution in [1.29, 1.82) is 0 Å². The Kier molecular flexibility index (Phi) is 6.90. The van der Waals surface area contributed by atoms with Crippen LogP contribution in [0.3, 0.4) is 0 Å². The molecule has 0 aromatic carbocycles. The molecule has 0 saturated carbocycles. The van der Waals surface area contributed by atoms with E-state index in [2.05, 4.69) is 13.5 Å². The van der Waals surface area contributed by atoms with E-state index in [9.17, 15) is 4.79 Å². The Morgan fingerprint density at radius 1 is 1.62 bits per heavy atom. The van der Waals surface area contributed by atoms with Crippen LogP contribution in [0.4, 0.5) is 0 Å². The highest BCUT2D eigenvalue weighted by Gasteiger charge is 2.24. The molecule has 0 saturated heterocycles. The SMILES string of the molecule is C=CC(=O)OC(C)[N+](C)(C)CC.[Cl-]. The molecule has 3 nitrogen and oxygen atoms in total. The molecule has 0 aromatic rings. The maximum Gasteiger partial charge on any atom is 0.334 e. The van der Waals surface area contributed by atoms with E-state index < -0.39 is 0 Å². The minimum Gasteiger partial charge on any atom is -1.00 e. The number of esters is 1. The zero-order valence-corrected chi connectivity index (χ0v) is 9.47. The molecule has 0 aliphatic heterocycles. The van der Waals surface area contributed by atoms with E-state index in [1.165, 1.54) is 6.08 Å². The molecule has 0 spiro atoms. The number of rotatable bonds is 4. The lowest BCUT2D eigenvalue weighted by Crippen LogP contribution is -3.00. The average Bonchev–Trinajstić information content (AvgIpc) is 2.04. The molecule has 0 rings (SSSR count). The number of carbonyl (C=O) groups is 1. The molecule has 1 atom stereocenters. The van der Waals surface area contributed by atoms with Crippen molar-refractivity contribution in [2.24, 2.45) is 0 Å². The Balaban J connectivity index is 0. The first-order valence-corrected chi connectivity index (χ1v) is 4.09. The molecule has 0 heterocycles. The van der Waals surface area contributed by atoms with Crippen molar-refractivity contribution in [2.45, 2.75) is 20.1 Å². The van der Waals surface area contributed by atoms with E-state index in [0.717, 1.165) is 6.54 Å². The quantitative estimate of drug-likeness (QED) is 0.235. The molecule has 0 N–H and O–H groups in total. The van der Waals surface area contributed by atoms with Gasteiger partial charge in [-0.05, 0) is 6.92 Å². The summed E-state index contributed by atoms with van der Waals surface area (Å²) >= 11 is 0. The monoisotopic (exact) mass is 207 g/mol. The number of quaternary nitrogens is 1. The summed E-state index contributed by atoms with van der Waals surface area (Å²) in [5.74, 6) is -0.359. The van der Waals surface area contributed by atoms with Gasteiger partial charge in [-0.2, -0.15) is 0 Å². The molecular formula is C9H18ClNO2. The fourth-order valence-corrected chi connectivity index (χ4v) is 0.616. The predicted octanol–water partition coefficient (Wildman–Crippen LogP) is -1.84. The molecular weight excluding hydrogens is 190 g/mol. The molecule has 13 heavy (non-hydrogen) atoms. The van der Waals surface area contributed by atoms with Gasteiger partial charge in [0.05, 0.1) is 20.6 Å². The normalized spacial score (nSPS) is 12.6. The molecule has 0 aliphatic rings. The van der Waals surface area contributed by atoms with Crippen LogP contribution in [0.15, 0.2) is 12.7 Å². The van der Waals surface area contributed by atoms with Gasteiger partial charge >= 0.3 is 5.97 Å². The molecule has 4 heteroatoms. The van der Waals surface area contributed by atoms with Crippen molar-refractivity contribution >= 4 is 5.97 Å². The van der Waals surface area contributed by atoms with Gasteiger partial charge in [0, 0.05) is 13.0 Å². The molecule has 1 unspecified atom stereocenters. The van der Waals surface area contributed by atoms with Crippen molar-refractivity contribution in [3.63, 3.8) is 0 Å². The fourth-order valence-electron chi connectivity index (χ4n) is 0.616. The summed E-state index contributed by atoms with van der Waals surface area (Å²) < 4.78 is 5.74. The number of ether oxygens (including phenoxy) is 1. The summed E-state index contributed by atoms with van der Waals surface area (Å²) in [6, 6.07) is 0. The summed E-state index contributed by atoms with van der Waals surface area (Å²) in [7, 11) is 4.03. The Morgan fingerprint density at radius 2 is 2.08 bits per heavy atom. The second-order valence-electron chi connectivity index (χ2n) is 3.34. The topological polar surface area (TPSA) is 26.3 Å². The number of hydrogen-bond donors (Lipinski definition) is 0. The third-order valence-corrected chi connectivity index (χ3v) is 2.25. The Morgan fingerprint density at radius 3 is 2.38 bits per heavy atom. The van der Waals surface area contributed by atoms with Crippen LogP contribution in [-0.2, 0) is 9.53 Å². The van der Waals surface area contributed by atoms with Gasteiger partial charge in [-0.15, -0.1) is 0 Å². The van der Waals surface area contributed by atoms with Crippen molar-refractivity contribution in [2.75, 3.05) is 20.6 Å². The van der Waals surface area contributed by atoms with E-state index in [4.69, 9.17) is 4.74 Å². The Bertz CT molecular complexity index is 180. The second-order valence-corrected chi connectivity index (χ2v) is 3.34. The molecule has 0 bridgehead atoms. The van der Waals surface area contributed by atoms with Crippen LogP contribution in [0.25, 0.3) is 0 Å². The highest BCUT2D eigenvalue weighted by Crippen LogP contribution is 2.07. The molecule has 0 fully saturated rings. The third kappa shape index (κ3) is 4.90. The van der Waals surface area contributed by atoms with Crippen molar-refractivity contribution in [1.82, 2.24) is 0 Å². The van der Waals surface area contributed by atoms with Gasteiger partial charge in [0.2, 0.25) is 6.23 Å². The molecule has 78 valence electrons. The Hall–Kier alpha value is -0.540. The summed E-state index contributed by atoms with van der Waals surface area (Å²) in [4.78, 5) is 10.8. The summed E-state index contributed by atoms with van der Waals surface area (Å²) in [6.07, 6.45) is 1.06. The lowest BCUT2D eigenvalue weighted by atomic mass is 10.4. The molecule has 0 aromatic heterocycles. The van der Waals surface area contributed by atoms with E-state index in [1.807, 2.05) is 21.0 Å². The first kappa shape index (κ1) is 15.0. The molecule has 0 amide bonds. The summed E-state index contributed by atoms with van der Waals surface area (Å²) in [5, 5.41) is 0. The zero-order chi connectivity index (χ0) is 9.78. The van der Waals surface area contributed by atoms with Gasteiger partial charge in [-0.1, -0.05) is 6.58 Å². The number of nitrogens with zero attached hydrogens (tertiary/aromatic N) is 1. The van der Waals surface area contributed by atoms with Crippen LogP contribution in [0, 0.1) is 0 Å². The minimum absolute atomic E-state index is 0.